The summed E-state index contributed by atoms with van der Waals surface area (Å²) < 4.78 is 2.51. The molecule has 42 heavy (non-hydrogen) atoms. The Bertz CT molecular complexity index is 2640. The predicted molar refractivity (Wildman–Crippen MR) is 175 cm³/mol. The van der Waals surface area contributed by atoms with Crippen molar-refractivity contribution < 1.29 is 0 Å². The van der Waals surface area contributed by atoms with Crippen molar-refractivity contribution in [1.82, 2.24) is 14.8 Å². The summed E-state index contributed by atoms with van der Waals surface area (Å²) in [5.74, 6) is 0. The van der Waals surface area contributed by atoms with Gasteiger partial charge in [-0.2, -0.15) is 5.10 Å². The van der Waals surface area contributed by atoms with Crippen molar-refractivity contribution in [2.75, 3.05) is 0 Å². The smallest absolute Gasteiger partial charge is 0.101 e. The van der Waals surface area contributed by atoms with E-state index in [2.05, 4.69) is 112 Å². The Kier molecular flexibility index (Phi) is 3.87. The topological polar surface area (TPSA) is 30.7 Å². The fourth-order valence-corrected chi connectivity index (χ4v) is 9.18. The number of benzene rings is 6. The minimum Gasteiger partial charge on any atom is -0.309 e. The van der Waals surface area contributed by atoms with Crippen LogP contribution in [0.15, 0.2) is 102 Å². The molecule has 11 rings (SSSR count). The van der Waals surface area contributed by atoms with E-state index in [-0.39, 0.29) is 0 Å². The molecule has 8 aromatic rings. The van der Waals surface area contributed by atoms with Gasteiger partial charge < -0.3 is 4.57 Å². The van der Waals surface area contributed by atoms with Crippen LogP contribution in [0.1, 0.15) is 21.9 Å². The second-order valence-electron chi connectivity index (χ2n) is 11.7. The minimum atomic E-state index is 0.414. The standard InChI is InChI=1S/C38H21N3S/c1-2-4-27-25(3-1)19-39-40-38(27)24-6-5-23-18-26(12-7-22(23)17-24)41-28-13-8-20-10-15-30-36-32(20)34(28)35-29(41)14-9-21-11-16-31(42-30)37(36)33(21)35/h1-8,10-19,30H,9H2. The molecule has 2 aliphatic carbocycles. The second-order valence-corrected chi connectivity index (χ2v) is 12.9. The largest absolute Gasteiger partial charge is 0.309 e. The van der Waals surface area contributed by atoms with Gasteiger partial charge in [0.15, 0.2) is 0 Å². The van der Waals surface area contributed by atoms with Gasteiger partial charge in [-0.3, -0.25) is 0 Å². The van der Waals surface area contributed by atoms with Crippen LogP contribution in [0.2, 0.25) is 0 Å². The maximum Gasteiger partial charge on any atom is 0.101 e. The summed E-state index contributed by atoms with van der Waals surface area (Å²) in [5, 5.41) is 22.5. The molecule has 3 nitrogen and oxygen atoms in total. The summed E-state index contributed by atoms with van der Waals surface area (Å²) in [4.78, 5) is 1.44. The Hall–Kier alpha value is -4.93. The number of hydrogen-bond acceptors (Lipinski definition) is 3. The summed E-state index contributed by atoms with van der Waals surface area (Å²) in [5.41, 5.74) is 8.88. The molecular formula is C38H21N3S. The van der Waals surface area contributed by atoms with Crippen LogP contribution >= 0.6 is 11.8 Å². The zero-order valence-corrected chi connectivity index (χ0v) is 23.2. The van der Waals surface area contributed by atoms with Crippen molar-refractivity contribution in [3.05, 3.63) is 119 Å². The third-order valence-electron chi connectivity index (χ3n) is 9.68. The highest BCUT2D eigenvalue weighted by Gasteiger charge is 2.34. The van der Waals surface area contributed by atoms with Crippen molar-refractivity contribution >= 4 is 77.9 Å². The Morgan fingerprint density at radius 3 is 2.69 bits per heavy atom. The van der Waals surface area contributed by atoms with Gasteiger partial charge in [-0.05, 0) is 75.0 Å². The van der Waals surface area contributed by atoms with E-state index in [0.717, 1.165) is 28.5 Å². The second kappa shape index (κ2) is 7.47. The van der Waals surface area contributed by atoms with Crippen LogP contribution in [-0.4, -0.2) is 14.8 Å². The Morgan fingerprint density at radius 2 is 1.69 bits per heavy atom. The van der Waals surface area contributed by atoms with Gasteiger partial charge in [0.2, 0.25) is 0 Å². The summed E-state index contributed by atoms with van der Waals surface area (Å²) in [7, 11) is 0. The van der Waals surface area contributed by atoms with Gasteiger partial charge >= 0.3 is 0 Å². The van der Waals surface area contributed by atoms with E-state index in [1.54, 1.807) is 0 Å². The summed E-state index contributed by atoms with van der Waals surface area (Å²) in [6.07, 6.45) is 10.00. The number of thioether (sulfide) groups is 1. The maximum atomic E-state index is 4.52. The van der Waals surface area contributed by atoms with Crippen LogP contribution in [0.4, 0.5) is 0 Å². The number of rotatable bonds is 2. The molecule has 0 saturated heterocycles. The van der Waals surface area contributed by atoms with Crippen molar-refractivity contribution in [2.24, 2.45) is 0 Å². The predicted octanol–water partition coefficient (Wildman–Crippen LogP) is 8.93. The van der Waals surface area contributed by atoms with Gasteiger partial charge in [0.25, 0.3) is 0 Å². The SMILES string of the molecule is C1=CC2Sc3ccc4c5c3c2c2c1ccc1c2c5c(n1-c1ccc2cc(-c3nncc5ccccc35)ccc2c1)=CC4. The van der Waals surface area contributed by atoms with Crippen LogP contribution in [0.5, 0.6) is 0 Å². The van der Waals surface area contributed by atoms with Crippen molar-refractivity contribution in [3.63, 3.8) is 0 Å². The number of fused-ring (bicyclic) bond motifs is 2. The highest BCUT2D eigenvalue weighted by atomic mass is 32.2. The molecule has 1 atom stereocenters. The van der Waals surface area contributed by atoms with Crippen molar-refractivity contribution in [3.8, 4) is 16.9 Å². The third kappa shape index (κ3) is 2.56. The molecule has 0 radical (unpaired) electrons. The lowest BCUT2D eigenvalue weighted by Crippen LogP contribution is -2.17. The molecular weight excluding hydrogens is 531 g/mol. The van der Waals surface area contributed by atoms with Crippen molar-refractivity contribution in [2.45, 2.75) is 16.6 Å². The highest BCUT2D eigenvalue weighted by Crippen LogP contribution is 2.57. The molecule has 0 saturated carbocycles. The van der Waals surface area contributed by atoms with E-state index >= 15 is 0 Å². The lowest BCUT2D eigenvalue weighted by molar-refractivity contribution is 1.06. The average Bonchev–Trinajstić information content (AvgIpc) is 3.60. The fourth-order valence-electron chi connectivity index (χ4n) is 7.92. The molecule has 0 amide bonds. The molecule has 194 valence electrons. The van der Waals surface area contributed by atoms with Crippen LogP contribution < -0.4 is 5.35 Å². The molecule has 0 fully saturated rings. The maximum absolute atomic E-state index is 4.52. The van der Waals surface area contributed by atoms with Crippen LogP contribution in [-0.2, 0) is 6.42 Å². The molecule has 2 aromatic heterocycles. The molecule has 0 bridgehead atoms. The first-order chi connectivity index (χ1) is 20.8. The monoisotopic (exact) mass is 551 g/mol. The van der Waals surface area contributed by atoms with Crippen LogP contribution in [0, 0.1) is 0 Å². The van der Waals surface area contributed by atoms with Gasteiger partial charge in [-0.15, -0.1) is 16.9 Å². The number of aromatic nitrogens is 3. The lowest BCUT2D eigenvalue weighted by atomic mass is 9.84. The first-order valence-electron chi connectivity index (χ1n) is 14.5. The summed E-state index contributed by atoms with van der Waals surface area (Å²) in [6, 6.07) is 31.3. The van der Waals surface area contributed by atoms with Gasteiger partial charge in [-0.1, -0.05) is 72.8 Å². The van der Waals surface area contributed by atoms with Gasteiger partial charge in [0.1, 0.15) is 5.69 Å². The molecule has 1 unspecified atom stereocenters. The summed E-state index contributed by atoms with van der Waals surface area (Å²) >= 11 is 2.02. The first kappa shape index (κ1) is 21.8. The van der Waals surface area contributed by atoms with E-state index in [9.17, 15) is 0 Å². The van der Waals surface area contributed by atoms with E-state index in [1.807, 2.05) is 24.0 Å². The van der Waals surface area contributed by atoms with E-state index < -0.39 is 0 Å². The lowest BCUT2D eigenvalue weighted by Gasteiger charge is -2.19. The fraction of sp³-hybridized carbons (Fsp3) is 0.0526. The molecule has 6 aromatic carbocycles. The Morgan fingerprint density at radius 1 is 0.762 bits per heavy atom. The third-order valence-corrected chi connectivity index (χ3v) is 10.9. The van der Waals surface area contributed by atoms with Gasteiger partial charge in [0.05, 0.1) is 22.3 Å². The Balaban J connectivity index is 1.18. The highest BCUT2D eigenvalue weighted by molar-refractivity contribution is 8.00. The van der Waals surface area contributed by atoms with Gasteiger partial charge in [-0.25, -0.2) is 0 Å². The number of hydrogen-bond donors (Lipinski definition) is 0. The zero-order valence-electron chi connectivity index (χ0n) is 22.4. The summed E-state index contributed by atoms with van der Waals surface area (Å²) in [6.45, 7) is 0. The van der Waals surface area contributed by atoms with E-state index in [0.29, 0.717) is 5.25 Å². The minimum absolute atomic E-state index is 0.414. The molecule has 4 heteroatoms. The Labute approximate surface area is 244 Å². The van der Waals surface area contributed by atoms with Crippen molar-refractivity contribution in [1.29, 1.82) is 0 Å². The molecule has 3 heterocycles. The quantitative estimate of drug-likeness (QED) is 0.201. The molecule has 0 N–H and O–H groups in total. The molecule has 0 spiro atoms. The van der Waals surface area contributed by atoms with E-state index in [4.69, 9.17) is 0 Å². The van der Waals surface area contributed by atoms with E-state index in [1.165, 1.54) is 75.8 Å². The number of nitrogens with zero attached hydrogens (tertiary/aromatic N) is 3. The normalized spacial score (nSPS) is 16.2. The zero-order chi connectivity index (χ0) is 27.1. The van der Waals surface area contributed by atoms with Crippen LogP contribution in [0.25, 0.3) is 83.1 Å². The average molecular weight is 552 g/mol. The first-order valence-corrected chi connectivity index (χ1v) is 15.4. The molecule has 3 aliphatic rings. The van der Waals surface area contributed by atoms with Gasteiger partial charge in [0, 0.05) is 43.1 Å². The van der Waals surface area contributed by atoms with Crippen LogP contribution in [0.3, 0.4) is 0 Å². The molecule has 1 aliphatic heterocycles.